The maximum atomic E-state index is 9.76. The second kappa shape index (κ2) is 4.67. The SMILES string of the molecule is Cc1cc(O)c(C(C)C)cc1CC(C)O. The number of aliphatic hydroxyl groups is 1. The van der Waals surface area contributed by atoms with Crippen molar-refractivity contribution in [2.45, 2.75) is 46.1 Å². The fourth-order valence-electron chi connectivity index (χ4n) is 1.76. The molecule has 0 saturated carbocycles. The number of aliphatic hydroxyl groups excluding tert-OH is 1. The van der Waals surface area contributed by atoms with Gasteiger partial charge >= 0.3 is 0 Å². The van der Waals surface area contributed by atoms with Crippen molar-refractivity contribution in [2.24, 2.45) is 0 Å². The molecule has 2 heteroatoms. The first-order chi connectivity index (χ1) is 6.91. The van der Waals surface area contributed by atoms with E-state index in [1.807, 2.05) is 13.0 Å². The van der Waals surface area contributed by atoms with Crippen LogP contribution in [0.4, 0.5) is 0 Å². The summed E-state index contributed by atoms with van der Waals surface area (Å²) in [6.07, 6.45) is 0.305. The minimum Gasteiger partial charge on any atom is -0.508 e. The summed E-state index contributed by atoms with van der Waals surface area (Å²) >= 11 is 0. The molecular weight excluding hydrogens is 188 g/mol. The van der Waals surface area contributed by atoms with Crippen LogP contribution in [0.15, 0.2) is 12.1 Å². The number of phenolic OH excluding ortho intramolecular Hbond substituents is 1. The molecule has 15 heavy (non-hydrogen) atoms. The third kappa shape index (κ3) is 2.96. The lowest BCUT2D eigenvalue weighted by molar-refractivity contribution is 0.195. The Morgan fingerprint density at radius 1 is 1.20 bits per heavy atom. The lowest BCUT2D eigenvalue weighted by atomic mass is 9.94. The predicted octanol–water partition coefficient (Wildman–Crippen LogP) is 2.75. The van der Waals surface area contributed by atoms with Gasteiger partial charge in [0.2, 0.25) is 0 Å². The summed E-state index contributed by atoms with van der Waals surface area (Å²) in [4.78, 5) is 0. The molecule has 1 rings (SSSR count). The van der Waals surface area contributed by atoms with Gasteiger partial charge in [0, 0.05) is 0 Å². The van der Waals surface area contributed by atoms with E-state index in [9.17, 15) is 10.2 Å². The third-order valence-corrected chi connectivity index (χ3v) is 2.62. The standard InChI is InChI=1S/C13H20O2/c1-8(2)12-7-11(6-10(4)14)9(3)5-13(12)15/h5,7-8,10,14-15H,6H2,1-4H3. The van der Waals surface area contributed by atoms with Crippen molar-refractivity contribution in [3.8, 4) is 5.75 Å². The second-order valence-electron chi connectivity index (χ2n) is 4.55. The first kappa shape index (κ1) is 12.1. The van der Waals surface area contributed by atoms with Crippen LogP contribution in [0.5, 0.6) is 5.75 Å². The summed E-state index contributed by atoms with van der Waals surface area (Å²) in [5.41, 5.74) is 3.11. The molecule has 1 unspecified atom stereocenters. The molecule has 0 amide bonds. The van der Waals surface area contributed by atoms with Gasteiger partial charge in [-0.2, -0.15) is 0 Å². The molecule has 1 aromatic carbocycles. The van der Waals surface area contributed by atoms with Crippen molar-refractivity contribution in [2.75, 3.05) is 0 Å². The highest BCUT2D eigenvalue weighted by atomic mass is 16.3. The zero-order chi connectivity index (χ0) is 11.6. The molecule has 1 aromatic rings. The molecule has 2 N–H and O–H groups in total. The summed E-state index contributed by atoms with van der Waals surface area (Å²) in [6, 6.07) is 3.79. The Bertz CT molecular complexity index is 341. The second-order valence-corrected chi connectivity index (χ2v) is 4.55. The number of phenols is 1. The zero-order valence-electron chi connectivity index (χ0n) is 9.91. The van der Waals surface area contributed by atoms with Gasteiger partial charge in [0.05, 0.1) is 6.10 Å². The summed E-state index contributed by atoms with van der Waals surface area (Å²) in [5.74, 6) is 0.662. The molecular formula is C13H20O2. The largest absolute Gasteiger partial charge is 0.508 e. The van der Waals surface area contributed by atoms with Gasteiger partial charge in [0.15, 0.2) is 0 Å². The van der Waals surface area contributed by atoms with Crippen molar-refractivity contribution in [1.82, 2.24) is 0 Å². The van der Waals surface area contributed by atoms with Crippen molar-refractivity contribution in [3.05, 3.63) is 28.8 Å². The highest BCUT2D eigenvalue weighted by molar-refractivity contribution is 5.43. The number of benzene rings is 1. The normalized spacial score (nSPS) is 13.2. The Morgan fingerprint density at radius 3 is 2.27 bits per heavy atom. The highest BCUT2D eigenvalue weighted by Crippen LogP contribution is 2.29. The molecule has 1 atom stereocenters. The first-order valence-corrected chi connectivity index (χ1v) is 5.42. The van der Waals surface area contributed by atoms with Gasteiger partial charge in [-0.1, -0.05) is 19.9 Å². The first-order valence-electron chi connectivity index (χ1n) is 5.42. The molecule has 0 saturated heterocycles. The van der Waals surface area contributed by atoms with Gasteiger partial charge in [-0.15, -0.1) is 0 Å². The maximum absolute atomic E-state index is 9.76. The number of rotatable bonds is 3. The molecule has 2 nitrogen and oxygen atoms in total. The summed E-state index contributed by atoms with van der Waals surface area (Å²) in [7, 11) is 0. The molecule has 0 heterocycles. The minimum atomic E-state index is -0.340. The summed E-state index contributed by atoms with van der Waals surface area (Å²) in [6.45, 7) is 7.84. The van der Waals surface area contributed by atoms with Crippen LogP contribution in [0, 0.1) is 6.92 Å². The van der Waals surface area contributed by atoms with Crippen LogP contribution in [-0.2, 0) is 6.42 Å². The highest BCUT2D eigenvalue weighted by Gasteiger charge is 2.10. The van der Waals surface area contributed by atoms with E-state index in [-0.39, 0.29) is 6.10 Å². The Balaban J connectivity index is 3.11. The van der Waals surface area contributed by atoms with Gasteiger partial charge in [0.1, 0.15) is 5.75 Å². The van der Waals surface area contributed by atoms with Crippen LogP contribution in [0.25, 0.3) is 0 Å². The monoisotopic (exact) mass is 208 g/mol. The molecule has 0 radical (unpaired) electrons. The third-order valence-electron chi connectivity index (χ3n) is 2.62. The van der Waals surface area contributed by atoms with Crippen molar-refractivity contribution in [3.63, 3.8) is 0 Å². The van der Waals surface area contributed by atoms with Crippen LogP contribution in [-0.4, -0.2) is 16.3 Å². The molecule has 0 aromatic heterocycles. The molecule has 0 bridgehead atoms. The quantitative estimate of drug-likeness (QED) is 0.801. The lowest BCUT2D eigenvalue weighted by Gasteiger charge is -2.14. The summed E-state index contributed by atoms with van der Waals surface area (Å²) in [5, 5.41) is 19.1. The van der Waals surface area contributed by atoms with E-state index in [0.29, 0.717) is 18.1 Å². The van der Waals surface area contributed by atoms with E-state index in [2.05, 4.69) is 13.8 Å². The Hall–Kier alpha value is -1.02. The number of aromatic hydroxyl groups is 1. The van der Waals surface area contributed by atoms with Gasteiger partial charge in [0.25, 0.3) is 0 Å². The van der Waals surface area contributed by atoms with E-state index in [4.69, 9.17) is 0 Å². The van der Waals surface area contributed by atoms with Gasteiger partial charge < -0.3 is 10.2 Å². The van der Waals surface area contributed by atoms with Crippen LogP contribution in [0.1, 0.15) is 43.4 Å². The lowest BCUT2D eigenvalue weighted by Crippen LogP contribution is -2.06. The van der Waals surface area contributed by atoms with E-state index in [1.165, 1.54) is 0 Å². The summed E-state index contributed by atoms with van der Waals surface area (Å²) < 4.78 is 0. The van der Waals surface area contributed by atoms with Crippen molar-refractivity contribution in [1.29, 1.82) is 0 Å². The van der Waals surface area contributed by atoms with Gasteiger partial charge in [-0.25, -0.2) is 0 Å². The Morgan fingerprint density at radius 2 is 1.80 bits per heavy atom. The van der Waals surface area contributed by atoms with E-state index < -0.39 is 0 Å². The molecule has 84 valence electrons. The van der Waals surface area contributed by atoms with Crippen LogP contribution in [0.3, 0.4) is 0 Å². The fraction of sp³-hybridized carbons (Fsp3) is 0.538. The molecule has 0 aliphatic heterocycles. The molecule has 0 spiro atoms. The molecule has 0 aliphatic carbocycles. The van der Waals surface area contributed by atoms with E-state index in [1.54, 1.807) is 13.0 Å². The van der Waals surface area contributed by atoms with E-state index in [0.717, 1.165) is 16.7 Å². The number of hydrogen-bond donors (Lipinski definition) is 2. The number of hydrogen-bond acceptors (Lipinski definition) is 2. The average molecular weight is 208 g/mol. The topological polar surface area (TPSA) is 40.5 Å². The smallest absolute Gasteiger partial charge is 0.119 e. The van der Waals surface area contributed by atoms with Crippen LogP contribution >= 0.6 is 0 Å². The minimum absolute atomic E-state index is 0.304. The maximum Gasteiger partial charge on any atom is 0.119 e. The predicted molar refractivity (Wildman–Crippen MR) is 62.3 cm³/mol. The Labute approximate surface area is 91.6 Å². The van der Waals surface area contributed by atoms with Crippen molar-refractivity contribution >= 4 is 0 Å². The molecule has 0 aliphatic rings. The fourth-order valence-corrected chi connectivity index (χ4v) is 1.76. The number of aryl methyl sites for hydroxylation is 1. The van der Waals surface area contributed by atoms with Crippen LogP contribution < -0.4 is 0 Å². The molecule has 0 fully saturated rings. The van der Waals surface area contributed by atoms with Crippen LogP contribution in [0.2, 0.25) is 0 Å². The zero-order valence-corrected chi connectivity index (χ0v) is 9.91. The van der Waals surface area contributed by atoms with Crippen molar-refractivity contribution < 1.29 is 10.2 Å². The average Bonchev–Trinajstić information content (AvgIpc) is 2.08. The Kier molecular flexibility index (Phi) is 3.75. The van der Waals surface area contributed by atoms with Gasteiger partial charge in [-0.05, 0) is 48.9 Å². The van der Waals surface area contributed by atoms with Gasteiger partial charge in [-0.3, -0.25) is 0 Å². The van der Waals surface area contributed by atoms with E-state index >= 15 is 0 Å².